The molecule has 0 radical (unpaired) electrons. The molecule has 0 saturated heterocycles. The zero-order valence-electron chi connectivity index (χ0n) is 24.4. The van der Waals surface area contributed by atoms with Crippen LogP contribution in [0, 0.1) is 0 Å². The van der Waals surface area contributed by atoms with Gasteiger partial charge in [-0.05, 0) is 0 Å². The van der Waals surface area contributed by atoms with Crippen LogP contribution in [0.4, 0.5) is 0 Å². The molecule has 0 N–H and O–H groups in total. The van der Waals surface area contributed by atoms with Crippen LogP contribution in [-0.2, 0) is 32.1 Å². The summed E-state index contributed by atoms with van der Waals surface area (Å²) < 4.78 is 3.27. The predicted octanol–water partition coefficient (Wildman–Crippen LogP) is 3.88. The van der Waals surface area contributed by atoms with Gasteiger partial charge in [0.2, 0.25) is 0 Å². The maximum absolute atomic E-state index is 2.62. The Morgan fingerprint density at radius 3 is 1.72 bits per heavy atom. The molecular weight excluding hydrogens is 595 g/mol. The van der Waals surface area contributed by atoms with E-state index in [1.807, 2.05) is 3.21 Å². The normalized spacial score (nSPS) is 17.9. The molecule has 1 saturated carbocycles. The van der Waals surface area contributed by atoms with E-state index in [1.54, 1.807) is 16.7 Å². The molecule has 3 aromatic rings. The van der Waals surface area contributed by atoms with Crippen molar-refractivity contribution < 1.29 is 46.1 Å². The van der Waals surface area contributed by atoms with Crippen LogP contribution >= 0.6 is 0 Å². The van der Waals surface area contributed by atoms with Crippen LogP contribution in [0.25, 0.3) is 17.2 Å². The van der Waals surface area contributed by atoms with Crippen molar-refractivity contribution in [3.63, 3.8) is 0 Å². The first kappa shape index (κ1) is 30.7. The Bertz CT molecular complexity index is 1360. The molecule has 204 valence electrons. The smallest absolute Gasteiger partial charge is 1.00 e. The molecule has 0 amide bonds. The number of rotatable bonds is 2. The minimum Gasteiger partial charge on any atom is -1.00 e. The van der Waals surface area contributed by atoms with E-state index in [4.69, 9.17) is 0 Å². The fourth-order valence-electron chi connectivity index (χ4n) is 6.91. The molecule has 3 aliphatic carbocycles. The Morgan fingerprint density at radius 2 is 1.18 bits per heavy atom. The number of halogens is 2. The molecular formula is C36H42Cl2Zr. The summed E-state index contributed by atoms with van der Waals surface area (Å²) in [4.78, 5) is 0. The number of allylic oxidation sites excluding steroid dienone is 1. The zero-order chi connectivity index (χ0) is 25.9. The molecule has 39 heavy (non-hydrogen) atoms. The van der Waals surface area contributed by atoms with E-state index < -0.39 is 21.3 Å². The maximum Gasteiger partial charge on any atom is -1.00 e. The zero-order valence-corrected chi connectivity index (χ0v) is 28.3. The quantitative estimate of drug-likeness (QED) is 0.401. The Morgan fingerprint density at radius 1 is 0.641 bits per heavy atom. The van der Waals surface area contributed by atoms with Crippen molar-refractivity contribution in [3.05, 3.63) is 100 Å². The number of hydrogen-bond donors (Lipinski definition) is 0. The van der Waals surface area contributed by atoms with E-state index >= 15 is 0 Å². The first-order chi connectivity index (χ1) is 17.6. The average Bonchev–Trinajstić information content (AvgIpc) is 3.43. The minimum atomic E-state index is -2.22. The van der Waals surface area contributed by atoms with E-state index in [0.29, 0.717) is 7.25 Å². The molecule has 0 nitrogen and oxygen atoms in total. The standard InChI is InChI=1S/C21H25.C9H7.C6H10.2ClH.Zr/c1-20(2,3)16-9-7-14-11-15-8-10-17(21(4,5)6)13-19(15)18(14)12-16;1-2-5-9-7-3-6-8(9)4-1;1-2-4-6-5-3-1;;;/h7-13H,1-6H3;1-7H;1-5H2;2*1H;/q;;;;;+2/p-2. The van der Waals surface area contributed by atoms with Gasteiger partial charge < -0.3 is 24.8 Å². The van der Waals surface area contributed by atoms with E-state index in [0.717, 1.165) is 0 Å². The summed E-state index contributed by atoms with van der Waals surface area (Å²) in [6, 6.07) is 24.4. The van der Waals surface area contributed by atoms with Crippen molar-refractivity contribution in [3.8, 4) is 11.1 Å². The van der Waals surface area contributed by atoms with E-state index in [-0.39, 0.29) is 35.6 Å². The molecule has 0 spiro atoms. The molecule has 0 bridgehead atoms. The van der Waals surface area contributed by atoms with Gasteiger partial charge in [0.05, 0.1) is 0 Å². The fourth-order valence-corrected chi connectivity index (χ4v) is 17.3. The molecule has 1 unspecified atom stereocenters. The molecule has 1 atom stereocenters. The van der Waals surface area contributed by atoms with Crippen LogP contribution in [0.3, 0.4) is 0 Å². The first-order valence-electron chi connectivity index (χ1n) is 14.4. The van der Waals surface area contributed by atoms with Gasteiger partial charge in [0.1, 0.15) is 0 Å². The SMILES string of the molecule is CC(C)(C)c1ccc2c(c1)-c1cc(C(C)(C)C)ccc1[CH]2[Zr+2](=[C]1CCCCC1)[CH]1C=Cc2ccccc21.[Cl-].[Cl-]. The second-order valence-electron chi connectivity index (χ2n) is 13.6. The third-order valence-electron chi connectivity index (χ3n) is 9.06. The molecule has 3 aliphatic rings. The van der Waals surface area contributed by atoms with Crippen LogP contribution in [0.1, 0.15) is 114 Å². The van der Waals surface area contributed by atoms with E-state index in [1.165, 1.54) is 59.9 Å². The maximum atomic E-state index is 2.62. The van der Waals surface area contributed by atoms with Crippen LogP contribution < -0.4 is 24.8 Å². The topological polar surface area (TPSA) is 0 Å². The number of hydrogen-bond acceptors (Lipinski definition) is 0. The molecule has 6 rings (SSSR count). The summed E-state index contributed by atoms with van der Waals surface area (Å²) in [6.45, 7) is 14.1. The van der Waals surface area contributed by atoms with Gasteiger partial charge in [0.15, 0.2) is 0 Å². The second-order valence-corrected chi connectivity index (χ2v) is 20.5. The summed E-state index contributed by atoms with van der Waals surface area (Å²) in [5.41, 5.74) is 12.6. The molecule has 3 aromatic carbocycles. The van der Waals surface area contributed by atoms with Gasteiger partial charge in [0.25, 0.3) is 0 Å². The largest absolute Gasteiger partial charge is 1.00 e. The van der Waals surface area contributed by atoms with Crippen molar-refractivity contribution in [2.45, 2.75) is 91.7 Å². The summed E-state index contributed by atoms with van der Waals surface area (Å²) >= 11 is -2.22. The van der Waals surface area contributed by atoms with Crippen LogP contribution in [0.5, 0.6) is 0 Å². The molecule has 0 aromatic heterocycles. The van der Waals surface area contributed by atoms with Gasteiger partial charge in [-0.3, -0.25) is 0 Å². The number of benzene rings is 3. The van der Waals surface area contributed by atoms with Crippen molar-refractivity contribution in [2.75, 3.05) is 0 Å². The average molecular weight is 637 g/mol. The van der Waals surface area contributed by atoms with Crippen LogP contribution in [0.15, 0.2) is 66.7 Å². The third-order valence-corrected chi connectivity index (χ3v) is 18.2. The van der Waals surface area contributed by atoms with Crippen LogP contribution in [0.2, 0.25) is 0 Å². The van der Waals surface area contributed by atoms with Crippen molar-refractivity contribution in [1.29, 1.82) is 0 Å². The monoisotopic (exact) mass is 634 g/mol. The van der Waals surface area contributed by atoms with Gasteiger partial charge in [-0.25, -0.2) is 0 Å². The molecule has 0 heterocycles. The summed E-state index contributed by atoms with van der Waals surface area (Å²) in [5, 5.41) is 0. The number of fused-ring (bicyclic) bond motifs is 4. The van der Waals surface area contributed by atoms with Gasteiger partial charge in [-0.15, -0.1) is 0 Å². The first-order valence-corrected chi connectivity index (χ1v) is 18.5. The Hall–Kier alpha value is -1.27. The minimum absolute atomic E-state index is 0. The summed E-state index contributed by atoms with van der Waals surface area (Å²) in [5.74, 6) is 0. The van der Waals surface area contributed by atoms with Gasteiger partial charge in [-0.2, -0.15) is 0 Å². The molecule has 3 heteroatoms. The Balaban J connectivity index is 0.00000176. The Kier molecular flexibility index (Phi) is 9.09. The van der Waals surface area contributed by atoms with Gasteiger partial charge in [-0.1, -0.05) is 0 Å². The molecule has 0 aliphatic heterocycles. The Labute approximate surface area is 256 Å². The third kappa shape index (κ3) is 5.63. The summed E-state index contributed by atoms with van der Waals surface area (Å²) in [7, 11) is 0. The van der Waals surface area contributed by atoms with E-state index in [2.05, 4.69) is 114 Å². The summed E-state index contributed by atoms with van der Waals surface area (Å²) in [6.07, 6.45) is 12.0. The second kappa shape index (κ2) is 11.5. The van der Waals surface area contributed by atoms with E-state index in [9.17, 15) is 0 Å². The fraction of sp³-hybridized carbons (Fsp3) is 0.417. The van der Waals surface area contributed by atoms with Crippen LogP contribution in [-0.4, -0.2) is 3.21 Å². The van der Waals surface area contributed by atoms with Gasteiger partial charge in [0, 0.05) is 0 Å². The predicted molar refractivity (Wildman–Crippen MR) is 157 cm³/mol. The van der Waals surface area contributed by atoms with Gasteiger partial charge >= 0.3 is 234 Å². The van der Waals surface area contributed by atoms with Crippen molar-refractivity contribution >= 4 is 9.28 Å². The molecule has 1 fully saturated rings. The van der Waals surface area contributed by atoms with Crippen molar-refractivity contribution in [1.82, 2.24) is 0 Å². The van der Waals surface area contributed by atoms with Crippen molar-refractivity contribution in [2.24, 2.45) is 0 Å².